The standard InChI is InChI=1S/C19H21ClFN3O2/c1-26-16-5-2-14(3-6-16)13-23-8-10-24(11-9-23)19(25)22-15-4-7-18(21)17(20)12-15/h2-7,12H,8-11,13H2,1H3,(H,22,25). The number of piperazine rings is 1. The number of ether oxygens (including phenoxy) is 1. The summed E-state index contributed by atoms with van der Waals surface area (Å²) in [5, 5.41) is 2.75. The van der Waals surface area contributed by atoms with Gasteiger partial charge in [0.05, 0.1) is 12.1 Å². The van der Waals surface area contributed by atoms with Crippen molar-refractivity contribution in [2.45, 2.75) is 6.54 Å². The minimum absolute atomic E-state index is 0.00730. The summed E-state index contributed by atoms with van der Waals surface area (Å²) in [6.07, 6.45) is 0. The molecule has 2 amide bonds. The van der Waals surface area contributed by atoms with Crippen LogP contribution in [-0.4, -0.2) is 49.1 Å². The lowest BCUT2D eigenvalue weighted by Crippen LogP contribution is -2.49. The van der Waals surface area contributed by atoms with Crippen LogP contribution in [0.1, 0.15) is 5.56 Å². The van der Waals surface area contributed by atoms with E-state index in [1.165, 1.54) is 23.8 Å². The molecule has 1 heterocycles. The molecule has 0 aliphatic carbocycles. The number of rotatable bonds is 4. The highest BCUT2D eigenvalue weighted by atomic mass is 35.5. The summed E-state index contributed by atoms with van der Waals surface area (Å²) in [6, 6.07) is 12.0. The Bertz CT molecular complexity index is 762. The van der Waals surface area contributed by atoms with Crippen LogP contribution in [0, 0.1) is 5.82 Å². The van der Waals surface area contributed by atoms with E-state index in [0.717, 1.165) is 25.4 Å². The number of benzene rings is 2. The lowest BCUT2D eigenvalue weighted by molar-refractivity contribution is 0.143. The monoisotopic (exact) mass is 377 g/mol. The first-order chi connectivity index (χ1) is 12.5. The summed E-state index contributed by atoms with van der Waals surface area (Å²) in [5.41, 5.74) is 1.70. The first-order valence-corrected chi connectivity index (χ1v) is 8.79. The van der Waals surface area contributed by atoms with Crippen LogP contribution in [0.25, 0.3) is 0 Å². The van der Waals surface area contributed by atoms with Crippen LogP contribution in [0.3, 0.4) is 0 Å². The molecule has 2 aromatic rings. The fourth-order valence-electron chi connectivity index (χ4n) is 2.87. The number of amides is 2. The summed E-state index contributed by atoms with van der Waals surface area (Å²) in [4.78, 5) is 16.4. The molecule has 1 aliphatic heterocycles. The van der Waals surface area contributed by atoms with Gasteiger partial charge in [0.2, 0.25) is 0 Å². The fourth-order valence-corrected chi connectivity index (χ4v) is 3.06. The maximum Gasteiger partial charge on any atom is 0.321 e. The zero-order chi connectivity index (χ0) is 18.5. The molecule has 1 aliphatic rings. The van der Waals surface area contributed by atoms with Gasteiger partial charge in [0, 0.05) is 38.4 Å². The molecule has 5 nitrogen and oxygen atoms in total. The molecular formula is C19H21ClFN3O2. The van der Waals surface area contributed by atoms with Crippen LogP contribution >= 0.6 is 11.6 Å². The highest BCUT2D eigenvalue weighted by Crippen LogP contribution is 2.20. The maximum atomic E-state index is 13.2. The van der Waals surface area contributed by atoms with Crippen LogP contribution in [0.2, 0.25) is 5.02 Å². The molecule has 0 radical (unpaired) electrons. The molecule has 0 spiro atoms. The van der Waals surface area contributed by atoms with E-state index in [1.807, 2.05) is 12.1 Å². The van der Waals surface area contributed by atoms with Crippen molar-refractivity contribution in [2.75, 3.05) is 38.6 Å². The van der Waals surface area contributed by atoms with Gasteiger partial charge in [-0.15, -0.1) is 0 Å². The molecule has 0 unspecified atom stereocenters. The zero-order valence-corrected chi connectivity index (χ0v) is 15.3. The van der Waals surface area contributed by atoms with Gasteiger partial charge >= 0.3 is 6.03 Å². The summed E-state index contributed by atoms with van der Waals surface area (Å²) >= 11 is 5.74. The van der Waals surface area contributed by atoms with Crippen molar-refractivity contribution in [3.05, 3.63) is 58.9 Å². The Balaban J connectivity index is 1.49. The fraction of sp³-hybridized carbons (Fsp3) is 0.316. The predicted octanol–water partition coefficient (Wildman–Crippen LogP) is 3.84. The Labute approximate surface area is 157 Å². The number of nitrogens with one attached hydrogen (secondary N) is 1. The zero-order valence-electron chi connectivity index (χ0n) is 14.5. The summed E-state index contributed by atoms with van der Waals surface area (Å²) in [6.45, 7) is 3.70. The van der Waals surface area contributed by atoms with Crippen molar-refractivity contribution in [3.63, 3.8) is 0 Å². The third-order valence-corrected chi connectivity index (χ3v) is 4.69. The number of methoxy groups -OCH3 is 1. The minimum atomic E-state index is -0.503. The predicted molar refractivity (Wildman–Crippen MR) is 100 cm³/mol. The molecule has 0 saturated carbocycles. The van der Waals surface area contributed by atoms with Gasteiger partial charge in [0.25, 0.3) is 0 Å². The Morgan fingerprint density at radius 2 is 1.85 bits per heavy atom. The highest BCUT2D eigenvalue weighted by Gasteiger charge is 2.21. The molecule has 26 heavy (non-hydrogen) atoms. The van der Waals surface area contributed by atoms with E-state index in [9.17, 15) is 9.18 Å². The number of urea groups is 1. The van der Waals surface area contributed by atoms with Crippen molar-refractivity contribution in [3.8, 4) is 5.75 Å². The van der Waals surface area contributed by atoms with Crippen LogP contribution < -0.4 is 10.1 Å². The second-order valence-corrected chi connectivity index (χ2v) is 6.58. The molecule has 0 atom stereocenters. The normalized spacial score (nSPS) is 15.0. The average Bonchev–Trinajstić information content (AvgIpc) is 2.66. The number of carbonyl (C=O) groups is 1. The van der Waals surface area contributed by atoms with Gasteiger partial charge in [-0.05, 0) is 35.9 Å². The van der Waals surface area contributed by atoms with Crippen molar-refractivity contribution in [1.82, 2.24) is 9.80 Å². The van der Waals surface area contributed by atoms with Crippen molar-refractivity contribution < 1.29 is 13.9 Å². The number of halogens is 2. The van der Waals surface area contributed by atoms with Crippen LogP contribution in [0.5, 0.6) is 5.75 Å². The smallest absolute Gasteiger partial charge is 0.321 e. The van der Waals surface area contributed by atoms with E-state index in [0.29, 0.717) is 18.8 Å². The third-order valence-electron chi connectivity index (χ3n) is 4.40. The molecule has 0 bridgehead atoms. The SMILES string of the molecule is COc1ccc(CN2CCN(C(=O)Nc3ccc(F)c(Cl)c3)CC2)cc1. The molecule has 1 saturated heterocycles. The Hall–Kier alpha value is -2.31. The first kappa shape index (κ1) is 18.5. The second-order valence-electron chi connectivity index (χ2n) is 6.17. The number of carbonyl (C=O) groups excluding carboxylic acids is 1. The molecule has 7 heteroatoms. The van der Waals surface area contributed by atoms with E-state index in [-0.39, 0.29) is 11.1 Å². The molecule has 138 valence electrons. The molecule has 1 N–H and O–H groups in total. The summed E-state index contributed by atoms with van der Waals surface area (Å²) in [5.74, 6) is 0.341. The summed E-state index contributed by atoms with van der Waals surface area (Å²) < 4.78 is 18.4. The van der Waals surface area contributed by atoms with Crippen molar-refractivity contribution in [1.29, 1.82) is 0 Å². The molecule has 0 aromatic heterocycles. The van der Waals surface area contributed by atoms with Crippen LogP contribution in [0.4, 0.5) is 14.9 Å². The van der Waals surface area contributed by atoms with Gasteiger partial charge in [0.15, 0.2) is 0 Å². The summed E-state index contributed by atoms with van der Waals surface area (Å²) in [7, 11) is 1.65. The highest BCUT2D eigenvalue weighted by molar-refractivity contribution is 6.31. The Morgan fingerprint density at radius 1 is 1.15 bits per heavy atom. The van der Waals surface area contributed by atoms with Crippen LogP contribution in [0.15, 0.2) is 42.5 Å². The lowest BCUT2D eigenvalue weighted by Gasteiger charge is -2.34. The van der Waals surface area contributed by atoms with Gasteiger partial charge in [-0.3, -0.25) is 4.90 Å². The van der Waals surface area contributed by atoms with E-state index in [1.54, 1.807) is 12.0 Å². The number of hydrogen-bond donors (Lipinski definition) is 1. The number of nitrogens with zero attached hydrogens (tertiary/aromatic N) is 2. The van der Waals surface area contributed by atoms with Gasteiger partial charge in [-0.2, -0.15) is 0 Å². The Morgan fingerprint density at radius 3 is 2.46 bits per heavy atom. The number of hydrogen-bond acceptors (Lipinski definition) is 3. The van der Waals surface area contributed by atoms with E-state index >= 15 is 0 Å². The van der Waals surface area contributed by atoms with E-state index < -0.39 is 5.82 Å². The van der Waals surface area contributed by atoms with E-state index in [4.69, 9.17) is 16.3 Å². The minimum Gasteiger partial charge on any atom is -0.497 e. The van der Waals surface area contributed by atoms with Gasteiger partial charge in [0.1, 0.15) is 11.6 Å². The topological polar surface area (TPSA) is 44.8 Å². The maximum absolute atomic E-state index is 13.2. The largest absolute Gasteiger partial charge is 0.497 e. The van der Waals surface area contributed by atoms with Crippen LogP contribution in [-0.2, 0) is 6.54 Å². The van der Waals surface area contributed by atoms with Gasteiger partial charge in [-0.1, -0.05) is 23.7 Å². The molecular weight excluding hydrogens is 357 g/mol. The van der Waals surface area contributed by atoms with Gasteiger partial charge in [-0.25, -0.2) is 9.18 Å². The van der Waals surface area contributed by atoms with E-state index in [2.05, 4.69) is 22.3 Å². The van der Waals surface area contributed by atoms with Crippen molar-refractivity contribution in [2.24, 2.45) is 0 Å². The lowest BCUT2D eigenvalue weighted by atomic mass is 10.2. The van der Waals surface area contributed by atoms with Gasteiger partial charge < -0.3 is 15.0 Å². The quantitative estimate of drug-likeness (QED) is 0.880. The molecule has 2 aromatic carbocycles. The third kappa shape index (κ3) is 4.65. The average molecular weight is 378 g/mol. The Kier molecular flexibility index (Phi) is 5.96. The second kappa shape index (κ2) is 8.38. The number of anilines is 1. The molecule has 1 fully saturated rings. The molecule has 3 rings (SSSR count). The van der Waals surface area contributed by atoms with Crippen molar-refractivity contribution >= 4 is 23.3 Å². The first-order valence-electron chi connectivity index (χ1n) is 8.41.